The normalized spacial score (nSPS) is 31.8. The zero-order valence-corrected chi connectivity index (χ0v) is 15.3. The third kappa shape index (κ3) is 2.82. The van der Waals surface area contributed by atoms with E-state index in [1.807, 2.05) is 4.90 Å². The van der Waals surface area contributed by atoms with Crippen LogP contribution in [0.1, 0.15) is 58.3 Å². The van der Waals surface area contributed by atoms with Gasteiger partial charge in [-0.15, -0.1) is 0 Å². The minimum absolute atomic E-state index is 0.0945. The Morgan fingerprint density at radius 2 is 1.65 bits per heavy atom. The largest absolute Gasteiger partial charge is 0.337 e. The van der Waals surface area contributed by atoms with Gasteiger partial charge in [-0.1, -0.05) is 19.8 Å². The molecule has 1 amide bonds. The highest BCUT2D eigenvalue weighted by Crippen LogP contribution is 2.41. The Bertz CT molecular complexity index is 554. The molecular weight excluding hydrogens is 312 g/mol. The summed E-state index contributed by atoms with van der Waals surface area (Å²) in [6, 6.07) is 0.633. The Labute approximate surface area is 140 Å². The number of hydrogen-bond donors (Lipinski definition) is 0. The van der Waals surface area contributed by atoms with Crippen molar-refractivity contribution in [2.45, 2.75) is 75.1 Å². The van der Waals surface area contributed by atoms with Crippen LogP contribution in [0, 0.1) is 0 Å². The summed E-state index contributed by atoms with van der Waals surface area (Å²) in [5.74, 6) is -0.0945. The molecule has 1 saturated carbocycles. The SMILES string of the molecule is CCN1CCC[C@H]1[C@H]1CCCN1C(=O)C1(S(C)(=O)=O)CCCC1. The highest BCUT2D eigenvalue weighted by Gasteiger charge is 2.54. The average Bonchev–Trinajstić information content (AvgIpc) is 3.23. The molecule has 0 bridgehead atoms. The van der Waals surface area contributed by atoms with E-state index in [1.54, 1.807) is 0 Å². The number of rotatable bonds is 4. The molecule has 0 unspecified atom stereocenters. The number of sulfone groups is 1. The second-order valence-electron chi connectivity index (χ2n) is 7.52. The number of amides is 1. The van der Waals surface area contributed by atoms with Crippen molar-refractivity contribution in [3.05, 3.63) is 0 Å². The molecule has 3 rings (SSSR count). The summed E-state index contributed by atoms with van der Waals surface area (Å²) < 4.78 is 23.8. The van der Waals surface area contributed by atoms with Gasteiger partial charge < -0.3 is 4.90 Å². The van der Waals surface area contributed by atoms with E-state index >= 15 is 0 Å². The predicted octanol–water partition coefficient (Wildman–Crippen LogP) is 1.82. The molecular formula is C17H30N2O3S. The molecule has 6 heteroatoms. The maximum atomic E-state index is 13.3. The second kappa shape index (κ2) is 6.36. The molecule has 0 radical (unpaired) electrons. The fraction of sp³-hybridized carbons (Fsp3) is 0.941. The fourth-order valence-electron chi connectivity index (χ4n) is 5.08. The van der Waals surface area contributed by atoms with Crippen molar-refractivity contribution < 1.29 is 13.2 Å². The van der Waals surface area contributed by atoms with Gasteiger partial charge in [0.05, 0.1) is 0 Å². The van der Waals surface area contributed by atoms with Gasteiger partial charge in [-0.3, -0.25) is 9.69 Å². The zero-order chi connectivity index (χ0) is 16.7. The predicted molar refractivity (Wildman–Crippen MR) is 91.0 cm³/mol. The summed E-state index contributed by atoms with van der Waals surface area (Å²) in [5, 5.41) is 0. The van der Waals surface area contributed by atoms with E-state index in [9.17, 15) is 13.2 Å². The van der Waals surface area contributed by atoms with Gasteiger partial charge in [0.2, 0.25) is 5.91 Å². The van der Waals surface area contributed by atoms with Gasteiger partial charge >= 0.3 is 0 Å². The van der Waals surface area contributed by atoms with Gasteiger partial charge in [0.1, 0.15) is 0 Å². The van der Waals surface area contributed by atoms with E-state index in [4.69, 9.17) is 0 Å². The Hall–Kier alpha value is -0.620. The molecule has 1 aliphatic carbocycles. The van der Waals surface area contributed by atoms with Crippen LogP contribution in [0.4, 0.5) is 0 Å². The minimum atomic E-state index is -3.37. The Morgan fingerprint density at radius 3 is 2.26 bits per heavy atom. The second-order valence-corrected chi connectivity index (χ2v) is 9.85. The lowest BCUT2D eigenvalue weighted by molar-refractivity contribution is -0.135. The molecule has 0 aromatic heterocycles. The maximum absolute atomic E-state index is 13.3. The maximum Gasteiger partial charge on any atom is 0.244 e. The molecule has 0 aromatic carbocycles. The third-order valence-corrected chi connectivity index (χ3v) is 8.34. The van der Waals surface area contributed by atoms with Crippen LogP contribution in [-0.4, -0.2) is 66.8 Å². The van der Waals surface area contributed by atoms with E-state index in [1.165, 1.54) is 12.7 Å². The van der Waals surface area contributed by atoms with E-state index in [-0.39, 0.29) is 11.9 Å². The van der Waals surface area contributed by atoms with Crippen LogP contribution < -0.4 is 0 Å². The first-order valence-corrected chi connectivity index (χ1v) is 11.0. The van der Waals surface area contributed by atoms with Gasteiger partial charge in [0, 0.05) is 24.9 Å². The van der Waals surface area contributed by atoms with E-state index in [2.05, 4.69) is 11.8 Å². The number of nitrogens with zero attached hydrogens (tertiary/aromatic N) is 2. The van der Waals surface area contributed by atoms with Crippen LogP contribution in [0.15, 0.2) is 0 Å². The number of hydrogen-bond acceptors (Lipinski definition) is 4. The number of carbonyl (C=O) groups excluding carboxylic acids is 1. The van der Waals surface area contributed by atoms with Crippen LogP contribution >= 0.6 is 0 Å². The van der Waals surface area contributed by atoms with Crippen LogP contribution in [0.2, 0.25) is 0 Å². The quantitative estimate of drug-likeness (QED) is 0.782. The number of likely N-dealkylation sites (N-methyl/N-ethyl adjacent to an activating group) is 1. The summed E-state index contributed by atoms with van der Waals surface area (Å²) in [7, 11) is -3.37. The van der Waals surface area contributed by atoms with Crippen LogP contribution in [0.25, 0.3) is 0 Å². The van der Waals surface area contributed by atoms with E-state index in [0.29, 0.717) is 18.9 Å². The van der Waals surface area contributed by atoms with Crippen LogP contribution in [0.5, 0.6) is 0 Å². The van der Waals surface area contributed by atoms with Gasteiger partial charge in [-0.25, -0.2) is 8.42 Å². The van der Waals surface area contributed by atoms with Gasteiger partial charge in [0.15, 0.2) is 14.6 Å². The van der Waals surface area contributed by atoms with Crippen LogP contribution in [-0.2, 0) is 14.6 Å². The molecule has 3 aliphatic rings. The molecule has 23 heavy (non-hydrogen) atoms. The lowest BCUT2D eigenvalue weighted by atomic mass is 10.00. The van der Waals surface area contributed by atoms with E-state index in [0.717, 1.165) is 51.7 Å². The van der Waals surface area contributed by atoms with Gasteiger partial charge in [0.25, 0.3) is 0 Å². The van der Waals surface area contributed by atoms with Crippen molar-refractivity contribution in [1.29, 1.82) is 0 Å². The number of likely N-dealkylation sites (tertiary alicyclic amines) is 2. The van der Waals surface area contributed by atoms with Gasteiger partial charge in [-0.05, 0) is 51.6 Å². The standard InChI is InChI=1S/C17H30N2O3S/c1-3-18-12-6-8-14(18)15-9-7-13-19(15)16(20)17(23(2,21)22)10-4-5-11-17/h14-15H,3-13H2,1-2H3/t14-,15+/m0/s1. The molecule has 5 nitrogen and oxygen atoms in total. The first kappa shape index (κ1) is 17.2. The summed E-state index contributed by atoms with van der Waals surface area (Å²) in [6.45, 7) is 5.03. The lowest BCUT2D eigenvalue weighted by Gasteiger charge is -2.38. The molecule has 132 valence electrons. The molecule has 2 atom stereocenters. The van der Waals surface area contributed by atoms with Gasteiger partial charge in [-0.2, -0.15) is 0 Å². The molecule has 2 heterocycles. The molecule has 3 fully saturated rings. The smallest absolute Gasteiger partial charge is 0.244 e. The third-order valence-electron chi connectivity index (χ3n) is 6.34. The highest BCUT2D eigenvalue weighted by molar-refractivity contribution is 7.92. The Balaban J connectivity index is 1.86. The zero-order valence-electron chi connectivity index (χ0n) is 14.5. The summed E-state index contributed by atoms with van der Waals surface area (Å²) in [5.41, 5.74) is 0. The van der Waals surface area contributed by atoms with Crippen molar-refractivity contribution in [2.24, 2.45) is 0 Å². The Kier molecular flexibility index (Phi) is 4.76. The highest BCUT2D eigenvalue weighted by atomic mass is 32.2. The van der Waals surface area contributed by atoms with Crippen molar-refractivity contribution in [3.63, 3.8) is 0 Å². The van der Waals surface area contributed by atoms with Crippen molar-refractivity contribution in [3.8, 4) is 0 Å². The monoisotopic (exact) mass is 342 g/mol. The first-order valence-electron chi connectivity index (χ1n) is 9.15. The number of carbonyl (C=O) groups is 1. The summed E-state index contributed by atoms with van der Waals surface area (Å²) >= 11 is 0. The molecule has 2 aliphatic heterocycles. The van der Waals surface area contributed by atoms with E-state index < -0.39 is 14.6 Å². The van der Waals surface area contributed by atoms with Crippen molar-refractivity contribution in [1.82, 2.24) is 9.80 Å². The topological polar surface area (TPSA) is 57.7 Å². The minimum Gasteiger partial charge on any atom is -0.337 e. The average molecular weight is 343 g/mol. The molecule has 0 spiro atoms. The first-order chi connectivity index (χ1) is 10.9. The summed E-state index contributed by atoms with van der Waals surface area (Å²) in [6.07, 6.45) is 8.32. The Morgan fingerprint density at radius 1 is 1.04 bits per heavy atom. The van der Waals surface area contributed by atoms with Crippen molar-refractivity contribution >= 4 is 15.7 Å². The van der Waals surface area contributed by atoms with Crippen LogP contribution in [0.3, 0.4) is 0 Å². The fourth-order valence-corrected chi connectivity index (χ4v) is 6.54. The molecule has 0 aromatic rings. The molecule has 0 N–H and O–H groups in total. The lowest BCUT2D eigenvalue weighted by Crippen LogP contribution is -2.56. The molecule has 2 saturated heterocycles. The van der Waals surface area contributed by atoms with Crippen molar-refractivity contribution in [2.75, 3.05) is 25.9 Å². The summed E-state index contributed by atoms with van der Waals surface area (Å²) in [4.78, 5) is 17.7.